The zero-order valence-corrected chi connectivity index (χ0v) is 11.8. The Balaban J connectivity index is 2.68. The molecule has 0 aliphatic heterocycles. The van der Waals surface area contributed by atoms with E-state index in [0.29, 0.717) is 22.2 Å². The number of nitrogens with zero attached hydrogens (tertiary/aromatic N) is 1. The Morgan fingerprint density at radius 3 is 2.74 bits per heavy atom. The number of nitrogens with one attached hydrogen (secondary N) is 1. The predicted molar refractivity (Wildman–Crippen MR) is 75.9 cm³/mol. The number of aromatic amines is 1. The van der Waals surface area contributed by atoms with Gasteiger partial charge in [0.15, 0.2) is 0 Å². The monoisotopic (exact) mass is 278 g/mol. The Morgan fingerprint density at radius 2 is 2.11 bits per heavy atom. The molecule has 0 spiro atoms. The Morgan fingerprint density at radius 1 is 1.37 bits per heavy atom. The second-order valence-corrected chi connectivity index (χ2v) is 4.90. The quantitative estimate of drug-likeness (QED) is 0.938. The zero-order chi connectivity index (χ0) is 14.0. The molecule has 0 aliphatic carbocycles. The third-order valence-electron chi connectivity index (χ3n) is 2.79. The molecule has 0 saturated heterocycles. The number of hydrogen-bond donors (Lipinski definition) is 1. The molecule has 0 saturated carbocycles. The van der Waals surface area contributed by atoms with Crippen LogP contribution in [-0.4, -0.2) is 17.1 Å². The van der Waals surface area contributed by atoms with Crippen LogP contribution in [0.25, 0.3) is 11.4 Å². The second kappa shape index (κ2) is 5.45. The summed E-state index contributed by atoms with van der Waals surface area (Å²) in [6.07, 6.45) is 0. The third-order valence-corrected chi connectivity index (χ3v) is 3.10. The van der Waals surface area contributed by atoms with Crippen LogP contribution >= 0.6 is 11.6 Å². The first-order valence-electron chi connectivity index (χ1n) is 5.97. The van der Waals surface area contributed by atoms with E-state index in [1.807, 2.05) is 13.8 Å². The van der Waals surface area contributed by atoms with Crippen LogP contribution in [0, 0.1) is 0 Å². The maximum atomic E-state index is 11.7. The van der Waals surface area contributed by atoms with Crippen LogP contribution in [0.3, 0.4) is 0 Å². The molecular weight excluding hydrogens is 264 g/mol. The first-order valence-corrected chi connectivity index (χ1v) is 6.35. The average Bonchev–Trinajstić information content (AvgIpc) is 2.37. The molecule has 2 aromatic rings. The Kier molecular flexibility index (Phi) is 3.90. The number of aromatic nitrogens is 2. The van der Waals surface area contributed by atoms with Gasteiger partial charge in [-0.1, -0.05) is 31.5 Å². The van der Waals surface area contributed by atoms with Gasteiger partial charge in [0, 0.05) is 6.07 Å². The SMILES string of the molecule is COc1cccc(Cl)c1-c1nc(C(C)C)cc(=O)[nH]1. The second-order valence-electron chi connectivity index (χ2n) is 4.49. The van der Waals surface area contributed by atoms with Crippen LogP contribution in [0.4, 0.5) is 0 Å². The third kappa shape index (κ3) is 2.79. The maximum absolute atomic E-state index is 11.7. The largest absolute Gasteiger partial charge is 0.496 e. The van der Waals surface area contributed by atoms with E-state index in [0.717, 1.165) is 5.69 Å². The minimum Gasteiger partial charge on any atom is -0.496 e. The van der Waals surface area contributed by atoms with Gasteiger partial charge in [0.1, 0.15) is 11.6 Å². The Hall–Kier alpha value is -1.81. The summed E-state index contributed by atoms with van der Waals surface area (Å²) < 4.78 is 5.27. The normalized spacial score (nSPS) is 10.8. The van der Waals surface area contributed by atoms with Gasteiger partial charge in [-0.3, -0.25) is 4.79 Å². The van der Waals surface area contributed by atoms with E-state index < -0.39 is 0 Å². The van der Waals surface area contributed by atoms with Gasteiger partial charge in [-0.25, -0.2) is 4.98 Å². The molecule has 2 rings (SSSR count). The van der Waals surface area contributed by atoms with Crippen LogP contribution in [0.2, 0.25) is 5.02 Å². The summed E-state index contributed by atoms with van der Waals surface area (Å²) >= 11 is 6.18. The molecular formula is C14H15ClN2O2. The highest BCUT2D eigenvalue weighted by Crippen LogP contribution is 2.34. The van der Waals surface area contributed by atoms with Crippen molar-refractivity contribution in [1.29, 1.82) is 0 Å². The smallest absolute Gasteiger partial charge is 0.251 e. The lowest BCUT2D eigenvalue weighted by molar-refractivity contribution is 0.416. The van der Waals surface area contributed by atoms with Gasteiger partial charge in [0.25, 0.3) is 5.56 Å². The van der Waals surface area contributed by atoms with Gasteiger partial charge in [-0.2, -0.15) is 0 Å². The summed E-state index contributed by atoms with van der Waals surface area (Å²) in [5.74, 6) is 1.17. The molecule has 4 nitrogen and oxygen atoms in total. The topological polar surface area (TPSA) is 55.0 Å². The molecule has 0 fully saturated rings. The van der Waals surface area contributed by atoms with Crippen LogP contribution < -0.4 is 10.3 Å². The van der Waals surface area contributed by atoms with E-state index in [1.165, 1.54) is 6.07 Å². The fraction of sp³-hybridized carbons (Fsp3) is 0.286. The first-order chi connectivity index (χ1) is 9.02. The van der Waals surface area contributed by atoms with Crippen molar-refractivity contribution in [3.63, 3.8) is 0 Å². The number of hydrogen-bond acceptors (Lipinski definition) is 3. The molecule has 1 aromatic carbocycles. The molecule has 1 N–H and O–H groups in total. The lowest BCUT2D eigenvalue weighted by Crippen LogP contribution is -2.11. The number of rotatable bonds is 3. The van der Waals surface area contributed by atoms with Crippen molar-refractivity contribution >= 4 is 11.6 Å². The molecule has 0 atom stereocenters. The van der Waals surface area contributed by atoms with Crippen molar-refractivity contribution < 1.29 is 4.74 Å². The van der Waals surface area contributed by atoms with Gasteiger partial charge in [-0.05, 0) is 18.1 Å². The molecule has 0 radical (unpaired) electrons. The van der Waals surface area contributed by atoms with Crippen molar-refractivity contribution in [1.82, 2.24) is 9.97 Å². The highest BCUT2D eigenvalue weighted by atomic mass is 35.5. The predicted octanol–water partition coefficient (Wildman–Crippen LogP) is 3.22. The standard InChI is InChI=1S/C14H15ClN2O2/c1-8(2)10-7-12(18)17-14(16-10)13-9(15)5-4-6-11(13)19-3/h4-8H,1-3H3,(H,16,17,18). The number of ether oxygens (including phenoxy) is 1. The first kappa shape index (κ1) is 13.6. The number of benzene rings is 1. The molecule has 1 aromatic heterocycles. The molecule has 100 valence electrons. The van der Waals surface area contributed by atoms with E-state index in [4.69, 9.17) is 16.3 Å². The van der Waals surface area contributed by atoms with E-state index in [2.05, 4.69) is 9.97 Å². The fourth-order valence-corrected chi connectivity index (χ4v) is 2.05. The summed E-state index contributed by atoms with van der Waals surface area (Å²) in [6.45, 7) is 3.96. The summed E-state index contributed by atoms with van der Waals surface area (Å²) in [6, 6.07) is 6.80. The van der Waals surface area contributed by atoms with E-state index >= 15 is 0 Å². The molecule has 1 heterocycles. The van der Waals surface area contributed by atoms with E-state index in [-0.39, 0.29) is 11.5 Å². The molecule has 5 heteroatoms. The summed E-state index contributed by atoms with van der Waals surface area (Å²) in [5.41, 5.74) is 1.13. The van der Waals surface area contributed by atoms with Crippen LogP contribution in [-0.2, 0) is 0 Å². The van der Waals surface area contributed by atoms with Gasteiger partial charge in [0.05, 0.1) is 23.4 Å². The summed E-state index contributed by atoms with van der Waals surface area (Å²) in [7, 11) is 1.56. The van der Waals surface area contributed by atoms with Crippen molar-refractivity contribution in [2.24, 2.45) is 0 Å². The number of halogens is 1. The molecule has 0 aliphatic rings. The molecule has 0 unspecified atom stereocenters. The van der Waals surface area contributed by atoms with Crippen molar-refractivity contribution in [2.75, 3.05) is 7.11 Å². The highest BCUT2D eigenvalue weighted by Gasteiger charge is 2.14. The zero-order valence-electron chi connectivity index (χ0n) is 11.0. The fourth-order valence-electron chi connectivity index (χ4n) is 1.79. The van der Waals surface area contributed by atoms with Crippen molar-refractivity contribution in [3.05, 3.63) is 45.3 Å². The van der Waals surface area contributed by atoms with Crippen molar-refractivity contribution in [2.45, 2.75) is 19.8 Å². The van der Waals surface area contributed by atoms with E-state index in [9.17, 15) is 4.79 Å². The number of H-pyrrole nitrogens is 1. The average molecular weight is 279 g/mol. The minimum absolute atomic E-state index is 0.162. The van der Waals surface area contributed by atoms with Crippen LogP contribution in [0.5, 0.6) is 5.75 Å². The van der Waals surface area contributed by atoms with Gasteiger partial charge in [-0.15, -0.1) is 0 Å². The van der Waals surface area contributed by atoms with Crippen LogP contribution in [0.15, 0.2) is 29.1 Å². The van der Waals surface area contributed by atoms with Crippen molar-refractivity contribution in [3.8, 4) is 17.1 Å². The molecule has 0 bridgehead atoms. The Labute approximate surface area is 116 Å². The van der Waals surface area contributed by atoms with Gasteiger partial charge < -0.3 is 9.72 Å². The van der Waals surface area contributed by atoms with E-state index in [1.54, 1.807) is 25.3 Å². The molecule has 19 heavy (non-hydrogen) atoms. The Bertz CT molecular complexity index is 650. The van der Waals surface area contributed by atoms with Gasteiger partial charge >= 0.3 is 0 Å². The minimum atomic E-state index is -0.198. The number of methoxy groups -OCH3 is 1. The molecule has 0 amide bonds. The van der Waals surface area contributed by atoms with Gasteiger partial charge in [0.2, 0.25) is 0 Å². The summed E-state index contributed by atoms with van der Waals surface area (Å²) in [4.78, 5) is 18.9. The lowest BCUT2D eigenvalue weighted by atomic mass is 10.1. The highest BCUT2D eigenvalue weighted by molar-refractivity contribution is 6.33. The van der Waals surface area contributed by atoms with Crippen LogP contribution in [0.1, 0.15) is 25.5 Å². The summed E-state index contributed by atoms with van der Waals surface area (Å²) in [5, 5.41) is 0.489. The lowest BCUT2D eigenvalue weighted by Gasteiger charge is -2.11. The maximum Gasteiger partial charge on any atom is 0.251 e.